The third kappa shape index (κ3) is 2.06. The lowest BCUT2D eigenvalue weighted by Crippen LogP contribution is -2.01. The van der Waals surface area contributed by atoms with Gasteiger partial charge in [-0.25, -0.2) is 4.68 Å². The predicted molar refractivity (Wildman–Crippen MR) is 85.9 cm³/mol. The standard InChI is InChI=1S/C15H18N4OS/c1-5-11-13-14(18(3)17-11)19(15(21)16-13)10-6-7-12(20-4)9(2)8-10/h6-8H,5H2,1-4H3,(H,16,21). The van der Waals surface area contributed by atoms with Crippen LogP contribution in [0.15, 0.2) is 18.2 Å². The molecule has 21 heavy (non-hydrogen) atoms. The van der Waals surface area contributed by atoms with Crippen molar-refractivity contribution < 1.29 is 4.74 Å². The molecule has 0 amide bonds. The fraction of sp³-hybridized carbons (Fsp3) is 0.333. The molecule has 0 radical (unpaired) electrons. The van der Waals surface area contributed by atoms with E-state index in [2.05, 4.69) is 23.1 Å². The highest BCUT2D eigenvalue weighted by Gasteiger charge is 2.15. The van der Waals surface area contributed by atoms with Crippen LogP contribution >= 0.6 is 12.2 Å². The number of ether oxygens (including phenoxy) is 1. The molecule has 110 valence electrons. The van der Waals surface area contributed by atoms with Gasteiger partial charge in [0.1, 0.15) is 11.3 Å². The lowest BCUT2D eigenvalue weighted by atomic mass is 10.2. The summed E-state index contributed by atoms with van der Waals surface area (Å²) >= 11 is 5.50. The number of methoxy groups -OCH3 is 1. The first-order chi connectivity index (χ1) is 10.1. The second-order valence-electron chi connectivity index (χ2n) is 5.04. The zero-order chi connectivity index (χ0) is 15.1. The van der Waals surface area contributed by atoms with Gasteiger partial charge in [0.05, 0.1) is 18.5 Å². The van der Waals surface area contributed by atoms with Gasteiger partial charge in [-0.15, -0.1) is 0 Å². The topological polar surface area (TPSA) is 47.8 Å². The molecule has 2 heterocycles. The summed E-state index contributed by atoms with van der Waals surface area (Å²) in [5.41, 5.74) is 5.11. The molecule has 1 N–H and O–H groups in total. The molecule has 0 saturated heterocycles. The molecular formula is C15H18N4OS. The Bertz CT molecular complexity index is 872. The number of imidazole rings is 1. The number of aromatic nitrogens is 4. The molecule has 0 aliphatic rings. The monoisotopic (exact) mass is 302 g/mol. The number of fused-ring (bicyclic) bond motifs is 1. The van der Waals surface area contributed by atoms with Crippen molar-refractivity contribution in [3.8, 4) is 11.4 Å². The zero-order valence-electron chi connectivity index (χ0n) is 12.6. The lowest BCUT2D eigenvalue weighted by Gasteiger charge is -2.09. The number of nitrogens with zero attached hydrogens (tertiary/aromatic N) is 3. The maximum absolute atomic E-state index is 5.50. The van der Waals surface area contributed by atoms with Crippen LogP contribution in [0.1, 0.15) is 18.2 Å². The molecular weight excluding hydrogens is 284 g/mol. The van der Waals surface area contributed by atoms with Gasteiger partial charge in [0.2, 0.25) is 0 Å². The predicted octanol–water partition coefficient (Wildman–Crippen LogP) is 3.30. The van der Waals surface area contributed by atoms with E-state index in [0.29, 0.717) is 4.77 Å². The van der Waals surface area contributed by atoms with Gasteiger partial charge in [-0.3, -0.25) is 4.57 Å². The van der Waals surface area contributed by atoms with Crippen molar-refractivity contribution >= 4 is 23.4 Å². The van der Waals surface area contributed by atoms with E-state index in [1.54, 1.807) is 7.11 Å². The van der Waals surface area contributed by atoms with E-state index < -0.39 is 0 Å². The summed E-state index contributed by atoms with van der Waals surface area (Å²) in [6, 6.07) is 6.04. The summed E-state index contributed by atoms with van der Waals surface area (Å²) in [6.07, 6.45) is 0.869. The highest BCUT2D eigenvalue weighted by molar-refractivity contribution is 7.71. The van der Waals surface area contributed by atoms with Gasteiger partial charge < -0.3 is 9.72 Å². The molecule has 3 aromatic rings. The Balaban J connectivity index is 2.30. The lowest BCUT2D eigenvalue weighted by molar-refractivity contribution is 0.411. The van der Waals surface area contributed by atoms with Crippen LogP contribution in [0.5, 0.6) is 5.75 Å². The Kier molecular flexibility index (Phi) is 3.33. The second-order valence-corrected chi connectivity index (χ2v) is 5.43. The Morgan fingerprint density at radius 1 is 1.38 bits per heavy atom. The fourth-order valence-electron chi connectivity index (χ4n) is 2.70. The summed E-state index contributed by atoms with van der Waals surface area (Å²) in [5, 5.41) is 4.55. The maximum atomic E-state index is 5.50. The number of nitrogens with one attached hydrogen (secondary N) is 1. The smallest absolute Gasteiger partial charge is 0.184 e. The molecule has 0 aliphatic heterocycles. The van der Waals surface area contributed by atoms with E-state index >= 15 is 0 Å². The largest absolute Gasteiger partial charge is 0.496 e. The first kappa shape index (κ1) is 13.9. The number of hydrogen-bond donors (Lipinski definition) is 1. The fourth-order valence-corrected chi connectivity index (χ4v) is 3.00. The third-order valence-corrected chi connectivity index (χ3v) is 3.99. The first-order valence-electron chi connectivity index (χ1n) is 6.88. The number of benzene rings is 1. The molecule has 0 bridgehead atoms. The molecule has 0 spiro atoms. The van der Waals surface area contributed by atoms with Crippen molar-refractivity contribution in [3.63, 3.8) is 0 Å². The van der Waals surface area contributed by atoms with Gasteiger partial charge in [-0.05, 0) is 49.3 Å². The molecule has 0 fully saturated rings. The highest BCUT2D eigenvalue weighted by atomic mass is 32.1. The highest BCUT2D eigenvalue weighted by Crippen LogP contribution is 2.25. The minimum atomic E-state index is 0.678. The van der Waals surface area contributed by atoms with Crippen molar-refractivity contribution in [3.05, 3.63) is 34.2 Å². The summed E-state index contributed by atoms with van der Waals surface area (Å²) < 4.78 is 9.89. The minimum Gasteiger partial charge on any atom is -0.496 e. The van der Waals surface area contributed by atoms with Crippen LogP contribution in [0.3, 0.4) is 0 Å². The third-order valence-electron chi connectivity index (χ3n) is 3.71. The van der Waals surface area contributed by atoms with Gasteiger partial charge in [-0.2, -0.15) is 5.10 Å². The summed E-state index contributed by atoms with van der Waals surface area (Å²) in [6.45, 7) is 4.12. The van der Waals surface area contributed by atoms with Crippen molar-refractivity contribution in [1.29, 1.82) is 0 Å². The van der Waals surface area contributed by atoms with Crippen molar-refractivity contribution in [1.82, 2.24) is 19.3 Å². The van der Waals surface area contributed by atoms with Crippen LogP contribution in [0.4, 0.5) is 0 Å². The van der Waals surface area contributed by atoms with Gasteiger partial charge in [0.25, 0.3) is 0 Å². The second kappa shape index (κ2) is 5.04. The number of rotatable bonds is 3. The number of aryl methyl sites for hydroxylation is 3. The minimum absolute atomic E-state index is 0.678. The average molecular weight is 302 g/mol. The number of hydrogen-bond acceptors (Lipinski definition) is 3. The van der Waals surface area contributed by atoms with E-state index in [0.717, 1.165) is 40.3 Å². The van der Waals surface area contributed by atoms with Gasteiger partial charge in [-0.1, -0.05) is 6.92 Å². The molecule has 0 aliphatic carbocycles. The Hall–Kier alpha value is -2.08. The summed E-state index contributed by atoms with van der Waals surface area (Å²) in [5.74, 6) is 0.872. The SMILES string of the molecule is CCc1nn(C)c2c1[nH]c(=S)n2-c1ccc(OC)c(C)c1. The molecule has 0 atom stereocenters. The van der Waals surface area contributed by atoms with Crippen LogP contribution in [-0.2, 0) is 13.5 Å². The Morgan fingerprint density at radius 2 is 2.14 bits per heavy atom. The molecule has 1 aromatic carbocycles. The molecule has 2 aromatic heterocycles. The van der Waals surface area contributed by atoms with E-state index in [1.807, 2.05) is 35.4 Å². The quantitative estimate of drug-likeness (QED) is 0.755. The van der Waals surface area contributed by atoms with Crippen LogP contribution in [0.25, 0.3) is 16.9 Å². The van der Waals surface area contributed by atoms with E-state index in [4.69, 9.17) is 17.0 Å². The number of H-pyrrole nitrogens is 1. The average Bonchev–Trinajstić information content (AvgIpc) is 2.95. The van der Waals surface area contributed by atoms with Gasteiger partial charge in [0.15, 0.2) is 10.4 Å². The van der Waals surface area contributed by atoms with Crippen molar-refractivity contribution in [2.45, 2.75) is 20.3 Å². The molecule has 6 heteroatoms. The van der Waals surface area contributed by atoms with Crippen LogP contribution < -0.4 is 4.74 Å². The van der Waals surface area contributed by atoms with Gasteiger partial charge in [0, 0.05) is 7.05 Å². The Labute approximate surface area is 128 Å². The van der Waals surface area contributed by atoms with Crippen molar-refractivity contribution in [2.24, 2.45) is 7.05 Å². The van der Waals surface area contributed by atoms with Gasteiger partial charge >= 0.3 is 0 Å². The van der Waals surface area contributed by atoms with E-state index in [9.17, 15) is 0 Å². The molecule has 5 nitrogen and oxygen atoms in total. The van der Waals surface area contributed by atoms with Crippen LogP contribution in [-0.4, -0.2) is 26.4 Å². The summed E-state index contributed by atoms with van der Waals surface area (Å²) in [4.78, 5) is 3.28. The van der Waals surface area contributed by atoms with Crippen LogP contribution in [0, 0.1) is 11.7 Å². The number of aromatic amines is 1. The summed E-state index contributed by atoms with van der Waals surface area (Å²) in [7, 11) is 3.62. The Morgan fingerprint density at radius 3 is 2.76 bits per heavy atom. The normalized spacial score (nSPS) is 11.2. The van der Waals surface area contributed by atoms with E-state index in [1.165, 1.54) is 0 Å². The molecule has 0 unspecified atom stereocenters. The zero-order valence-corrected chi connectivity index (χ0v) is 13.4. The molecule has 3 rings (SSSR count). The molecule has 0 saturated carbocycles. The van der Waals surface area contributed by atoms with Crippen LogP contribution in [0.2, 0.25) is 0 Å². The van der Waals surface area contributed by atoms with E-state index in [-0.39, 0.29) is 0 Å². The maximum Gasteiger partial charge on any atom is 0.184 e. The first-order valence-corrected chi connectivity index (χ1v) is 7.29. The van der Waals surface area contributed by atoms with Crippen molar-refractivity contribution in [2.75, 3.05) is 7.11 Å².